The van der Waals surface area contributed by atoms with Crippen molar-refractivity contribution >= 4 is 23.2 Å². The Morgan fingerprint density at radius 3 is 2.77 bits per heavy atom. The van der Waals surface area contributed by atoms with Gasteiger partial charge in [0.25, 0.3) is 0 Å². The van der Waals surface area contributed by atoms with E-state index in [9.17, 15) is 19.6 Å². The van der Waals surface area contributed by atoms with Crippen LogP contribution in [0.4, 0.5) is 0 Å². The van der Waals surface area contributed by atoms with E-state index in [1.807, 2.05) is 25.1 Å². The van der Waals surface area contributed by atoms with Gasteiger partial charge in [0.05, 0.1) is 36.2 Å². The first-order valence-corrected chi connectivity index (χ1v) is 11.8. The number of ketones is 1. The van der Waals surface area contributed by atoms with Gasteiger partial charge in [-0.3, -0.25) is 19.6 Å². The number of aryl methyl sites for hydroxylation is 1. The van der Waals surface area contributed by atoms with Gasteiger partial charge in [-0.2, -0.15) is 5.26 Å². The molecule has 1 saturated heterocycles. The van der Waals surface area contributed by atoms with Crippen LogP contribution in [0, 0.1) is 30.1 Å². The minimum atomic E-state index is -0.800. The summed E-state index contributed by atoms with van der Waals surface area (Å²) in [4.78, 5) is 38.2. The lowest BCUT2D eigenvalue weighted by Gasteiger charge is -2.37. The number of benzene rings is 1. The van der Waals surface area contributed by atoms with E-state index in [2.05, 4.69) is 22.0 Å². The molecular formula is C25H33N5O5. The molecule has 1 aromatic carbocycles. The zero-order valence-corrected chi connectivity index (χ0v) is 20.1. The molecule has 1 aromatic rings. The zero-order chi connectivity index (χ0) is 25.4. The van der Waals surface area contributed by atoms with E-state index in [-0.39, 0.29) is 24.0 Å². The number of piperidine rings is 1. The molecule has 2 aliphatic rings. The second-order valence-corrected chi connectivity index (χ2v) is 9.06. The fourth-order valence-corrected chi connectivity index (χ4v) is 4.87. The molecule has 0 bridgehead atoms. The van der Waals surface area contributed by atoms with Gasteiger partial charge in [-0.05, 0) is 61.1 Å². The molecule has 0 radical (unpaired) electrons. The number of hydrogen-bond acceptors (Lipinski definition) is 8. The van der Waals surface area contributed by atoms with Crippen molar-refractivity contribution in [3.8, 4) is 6.07 Å². The molecule has 0 aliphatic carbocycles. The van der Waals surface area contributed by atoms with Gasteiger partial charge in [0.2, 0.25) is 11.8 Å². The summed E-state index contributed by atoms with van der Waals surface area (Å²) in [6.45, 7) is 3.66. The molecule has 2 heterocycles. The average molecular weight is 484 g/mol. The third kappa shape index (κ3) is 6.74. The lowest BCUT2D eigenvalue weighted by molar-refractivity contribution is -0.140. The molecule has 3 rings (SSSR count). The highest BCUT2D eigenvalue weighted by Gasteiger charge is 2.42. The predicted molar refractivity (Wildman–Crippen MR) is 128 cm³/mol. The summed E-state index contributed by atoms with van der Waals surface area (Å²) in [6.07, 6.45) is 2.99. The molecule has 0 spiro atoms. The van der Waals surface area contributed by atoms with Crippen molar-refractivity contribution in [2.45, 2.75) is 38.3 Å². The molecule has 10 nitrogen and oxygen atoms in total. The molecule has 1 fully saturated rings. The van der Waals surface area contributed by atoms with Gasteiger partial charge in [-0.15, -0.1) is 0 Å². The standard InChI is InChI=1S/C25H33N5O5/c1-15-9-16(13-26)3-4-19(15)18-5-6-27-21(12-18)24(32)23-20(25(33)30-34)10-17(14-29-23)11-22(31)28-7-8-35-2/h3-5,9,17,20-21,23,27,29,34H,6-8,10-12,14H2,1-2H3,(H,28,31)(H,30,33)/t17-,20-,21?,23-/m0/s1. The first-order valence-electron chi connectivity index (χ1n) is 11.8. The normalized spacial score (nSPS) is 24.1. The average Bonchev–Trinajstić information content (AvgIpc) is 2.87. The number of nitrogens with zero attached hydrogens (tertiary/aromatic N) is 1. The van der Waals surface area contributed by atoms with Crippen molar-refractivity contribution in [2.24, 2.45) is 11.8 Å². The third-order valence-electron chi connectivity index (χ3n) is 6.65. The molecule has 188 valence electrons. The van der Waals surface area contributed by atoms with Gasteiger partial charge in [0, 0.05) is 26.6 Å². The highest BCUT2D eigenvalue weighted by atomic mass is 16.5. The molecule has 5 N–H and O–H groups in total. The summed E-state index contributed by atoms with van der Waals surface area (Å²) >= 11 is 0. The number of rotatable bonds is 9. The molecular weight excluding hydrogens is 450 g/mol. The quantitative estimate of drug-likeness (QED) is 0.193. The minimum absolute atomic E-state index is 0.150. The van der Waals surface area contributed by atoms with E-state index in [0.717, 1.165) is 16.7 Å². The van der Waals surface area contributed by atoms with E-state index in [0.29, 0.717) is 44.6 Å². The lowest BCUT2D eigenvalue weighted by Crippen LogP contribution is -2.59. The van der Waals surface area contributed by atoms with E-state index < -0.39 is 23.9 Å². The molecule has 0 aromatic heterocycles. The molecule has 35 heavy (non-hydrogen) atoms. The number of nitriles is 1. The molecule has 0 saturated carbocycles. The first kappa shape index (κ1) is 26.5. The van der Waals surface area contributed by atoms with Crippen molar-refractivity contribution in [3.05, 3.63) is 41.0 Å². The number of amides is 2. The largest absolute Gasteiger partial charge is 0.383 e. The van der Waals surface area contributed by atoms with E-state index >= 15 is 0 Å². The van der Waals surface area contributed by atoms with Crippen LogP contribution in [0.25, 0.3) is 5.57 Å². The topological polar surface area (TPSA) is 153 Å². The van der Waals surface area contributed by atoms with Crippen molar-refractivity contribution in [2.75, 3.05) is 33.4 Å². The van der Waals surface area contributed by atoms with Crippen LogP contribution in [0.15, 0.2) is 24.3 Å². The summed E-state index contributed by atoms with van der Waals surface area (Å²) in [7, 11) is 1.55. The van der Waals surface area contributed by atoms with Crippen LogP contribution in [0.5, 0.6) is 0 Å². The molecule has 1 unspecified atom stereocenters. The van der Waals surface area contributed by atoms with E-state index in [4.69, 9.17) is 10.00 Å². The number of hydrogen-bond donors (Lipinski definition) is 5. The predicted octanol–water partition coefficient (Wildman–Crippen LogP) is 0.434. The van der Waals surface area contributed by atoms with E-state index in [1.54, 1.807) is 18.7 Å². The fourth-order valence-electron chi connectivity index (χ4n) is 4.87. The molecule has 2 aliphatic heterocycles. The van der Waals surface area contributed by atoms with Crippen molar-refractivity contribution in [3.63, 3.8) is 0 Å². The molecule has 2 amide bonds. The Labute approximate surface area is 205 Å². The monoisotopic (exact) mass is 483 g/mol. The van der Waals surface area contributed by atoms with Gasteiger partial charge in [0.15, 0.2) is 5.78 Å². The smallest absolute Gasteiger partial charge is 0.248 e. The maximum atomic E-state index is 13.5. The van der Waals surface area contributed by atoms with Gasteiger partial charge < -0.3 is 20.7 Å². The molecule has 10 heteroatoms. The van der Waals surface area contributed by atoms with Gasteiger partial charge in [-0.1, -0.05) is 12.1 Å². The summed E-state index contributed by atoms with van der Waals surface area (Å²) in [5.41, 5.74) is 5.23. The van der Waals surface area contributed by atoms with Crippen molar-refractivity contribution in [1.29, 1.82) is 5.26 Å². The van der Waals surface area contributed by atoms with Gasteiger partial charge >= 0.3 is 0 Å². The Bertz CT molecular complexity index is 1020. The molecule has 4 atom stereocenters. The number of Topliss-reactive ketones (excluding diaryl/α,β-unsaturated/α-hetero) is 1. The Hall–Kier alpha value is -3.10. The van der Waals surface area contributed by atoms with E-state index in [1.165, 1.54) is 0 Å². The third-order valence-corrected chi connectivity index (χ3v) is 6.65. The number of carbonyl (C=O) groups is 3. The number of hydroxylamine groups is 1. The zero-order valence-electron chi connectivity index (χ0n) is 20.1. The minimum Gasteiger partial charge on any atom is -0.383 e. The van der Waals surface area contributed by atoms with Crippen LogP contribution < -0.4 is 21.4 Å². The SMILES string of the molecule is COCCNC(=O)C[C@H]1CN[C@H](C(=O)C2CC(c3ccc(C#N)cc3C)=CCN2)[C@@H](C(=O)NO)C1. The van der Waals surface area contributed by atoms with Gasteiger partial charge in [0.1, 0.15) is 0 Å². The number of carbonyl (C=O) groups excluding carboxylic acids is 3. The number of nitrogens with one attached hydrogen (secondary N) is 4. The number of ether oxygens (including phenoxy) is 1. The second kappa shape index (κ2) is 12.6. The summed E-state index contributed by atoms with van der Waals surface area (Å²) in [5, 5.41) is 27.6. The maximum absolute atomic E-state index is 13.5. The Morgan fingerprint density at radius 1 is 1.29 bits per heavy atom. The van der Waals surface area contributed by atoms with Crippen LogP contribution in [-0.2, 0) is 19.1 Å². The first-order chi connectivity index (χ1) is 16.9. The summed E-state index contributed by atoms with van der Waals surface area (Å²) in [6, 6.07) is 6.33. The second-order valence-electron chi connectivity index (χ2n) is 9.06. The van der Waals surface area contributed by atoms with Crippen LogP contribution >= 0.6 is 0 Å². The van der Waals surface area contributed by atoms with Gasteiger partial charge in [-0.25, -0.2) is 5.48 Å². The van der Waals surface area contributed by atoms with Crippen molar-refractivity contribution in [1.82, 2.24) is 21.4 Å². The van der Waals surface area contributed by atoms with Crippen LogP contribution in [-0.4, -0.2) is 68.2 Å². The Morgan fingerprint density at radius 2 is 2.09 bits per heavy atom. The van der Waals surface area contributed by atoms with Crippen molar-refractivity contribution < 1.29 is 24.3 Å². The maximum Gasteiger partial charge on any atom is 0.248 e. The number of methoxy groups -OCH3 is 1. The van der Waals surface area contributed by atoms with Crippen LogP contribution in [0.3, 0.4) is 0 Å². The Kier molecular flexibility index (Phi) is 9.51. The Balaban J connectivity index is 1.67. The summed E-state index contributed by atoms with van der Waals surface area (Å²) < 4.78 is 4.93. The highest BCUT2D eigenvalue weighted by molar-refractivity contribution is 5.96. The fraction of sp³-hybridized carbons (Fsp3) is 0.520. The highest BCUT2D eigenvalue weighted by Crippen LogP contribution is 2.30. The van der Waals surface area contributed by atoms with Crippen LogP contribution in [0.1, 0.15) is 36.0 Å². The lowest BCUT2D eigenvalue weighted by atomic mass is 9.78. The summed E-state index contributed by atoms with van der Waals surface area (Å²) in [5.74, 6) is -1.90. The van der Waals surface area contributed by atoms with Crippen LogP contribution in [0.2, 0.25) is 0 Å².